The molecule has 1 unspecified atom stereocenters. The Bertz CT molecular complexity index is 408. The molecule has 0 amide bonds. The molecule has 0 aromatic heterocycles. The van der Waals surface area contributed by atoms with Gasteiger partial charge in [-0.1, -0.05) is 0 Å². The van der Waals surface area contributed by atoms with Crippen molar-refractivity contribution in [1.82, 2.24) is 4.90 Å². The highest BCUT2D eigenvalue weighted by molar-refractivity contribution is 7.92. The number of hydrogen-bond donors (Lipinski definition) is 0. The first-order valence-electron chi connectivity index (χ1n) is 6.50. The molecule has 0 aromatic rings. The Labute approximate surface area is 97.1 Å². The molecule has 16 heavy (non-hydrogen) atoms. The van der Waals surface area contributed by atoms with Crippen LogP contribution in [0.15, 0.2) is 0 Å². The van der Waals surface area contributed by atoms with Gasteiger partial charge in [0.1, 0.15) is 0 Å². The normalized spacial score (nSPS) is 47.9. The number of sulfone groups is 1. The van der Waals surface area contributed by atoms with E-state index in [9.17, 15) is 8.42 Å². The van der Waals surface area contributed by atoms with Crippen molar-refractivity contribution in [3.8, 4) is 0 Å². The third-order valence-electron chi connectivity index (χ3n) is 5.26. The third kappa shape index (κ3) is 1.39. The summed E-state index contributed by atoms with van der Waals surface area (Å²) in [6.45, 7) is 2.22. The average Bonchev–Trinajstić information content (AvgIpc) is 2.60. The molecule has 2 aliphatic carbocycles. The Balaban J connectivity index is 1.43. The van der Waals surface area contributed by atoms with Crippen LogP contribution in [0.2, 0.25) is 0 Å². The summed E-state index contributed by atoms with van der Waals surface area (Å²) in [6.07, 6.45) is 5.39. The summed E-state index contributed by atoms with van der Waals surface area (Å²) in [5.41, 5.74) is 0.172. The Morgan fingerprint density at radius 2 is 1.75 bits per heavy atom. The van der Waals surface area contributed by atoms with Gasteiger partial charge >= 0.3 is 0 Å². The van der Waals surface area contributed by atoms with E-state index in [0.29, 0.717) is 11.5 Å². The molecule has 90 valence electrons. The first-order chi connectivity index (χ1) is 7.55. The van der Waals surface area contributed by atoms with Gasteiger partial charge in [0.2, 0.25) is 0 Å². The minimum absolute atomic E-state index is 0.172. The van der Waals surface area contributed by atoms with E-state index in [1.807, 2.05) is 0 Å². The fraction of sp³-hybridized carbons (Fsp3) is 1.00. The van der Waals surface area contributed by atoms with Crippen molar-refractivity contribution in [2.45, 2.75) is 31.7 Å². The maximum Gasteiger partial charge on any atom is 0.151 e. The molecule has 0 N–H and O–H groups in total. The SMILES string of the molecule is O=S1(=O)CC2(CCN(C3C[C@@H]4C[C@@H]4C3)C2)C1. The lowest BCUT2D eigenvalue weighted by Gasteiger charge is -2.38. The first kappa shape index (κ1) is 9.89. The molecule has 4 heteroatoms. The van der Waals surface area contributed by atoms with Crippen LogP contribution in [0.3, 0.4) is 0 Å². The molecule has 2 aliphatic heterocycles. The van der Waals surface area contributed by atoms with Crippen LogP contribution in [0.25, 0.3) is 0 Å². The highest BCUT2D eigenvalue weighted by Crippen LogP contribution is 2.54. The fourth-order valence-corrected chi connectivity index (χ4v) is 6.64. The second-order valence-corrected chi connectivity index (χ2v) is 8.70. The zero-order valence-corrected chi connectivity index (χ0v) is 10.4. The van der Waals surface area contributed by atoms with Crippen LogP contribution in [0.1, 0.15) is 25.7 Å². The van der Waals surface area contributed by atoms with Crippen LogP contribution < -0.4 is 0 Å². The Morgan fingerprint density at radius 1 is 1.06 bits per heavy atom. The summed E-state index contributed by atoms with van der Waals surface area (Å²) < 4.78 is 22.6. The molecule has 0 aromatic carbocycles. The largest absolute Gasteiger partial charge is 0.300 e. The predicted molar refractivity (Wildman–Crippen MR) is 61.9 cm³/mol. The van der Waals surface area contributed by atoms with Gasteiger partial charge in [0.05, 0.1) is 11.5 Å². The van der Waals surface area contributed by atoms with Crippen molar-refractivity contribution in [1.29, 1.82) is 0 Å². The van der Waals surface area contributed by atoms with Crippen LogP contribution in [-0.4, -0.2) is 44.0 Å². The molecule has 2 heterocycles. The number of rotatable bonds is 1. The van der Waals surface area contributed by atoms with Crippen LogP contribution in [0.5, 0.6) is 0 Å². The number of fused-ring (bicyclic) bond motifs is 1. The van der Waals surface area contributed by atoms with E-state index in [1.54, 1.807) is 0 Å². The topological polar surface area (TPSA) is 37.4 Å². The molecule has 1 spiro atoms. The van der Waals surface area contributed by atoms with Gasteiger partial charge in [-0.05, 0) is 44.1 Å². The highest BCUT2D eigenvalue weighted by atomic mass is 32.2. The summed E-state index contributed by atoms with van der Waals surface area (Å²) >= 11 is 0. The monoisotopic (exact) mass is 241 g/mol. The zero-order valence-electron chi connectivity index (χ0n) is 9.56. The van der Waals surface area contributed by atoms with Crippen molar-refractivity contribution >= 4 is 9.84 Å². The Morgan fingerprint density at radius 3 is 2.38 bits per heavy atom. The van der Waals surface area contributed by atoms with Crippen molar-refractivity contribution < 1.29 is 8.42 Å². The van der Waals surface area contributed by atoms with Gasteiger partial charge < -0.3 is 0 Å². The second-order valence-electron chi connectivity index (χ2n) is 6.63. The summed E-state index contributed by atoms with van der Waals surface area (Å²) in [5.74, 6) is 3.00. The van der Waals surface area contributed by atoms with Gasteiger partial charge in [0, 0.05) is 18.0 Å². The van der Waals surface area contributed by atoms with E-state index in [1.165, 1.54) is 19.3 Å². The van der Waals surface area contributed by atoms with E-state index in [-0.39, 0.29) is 5.41 Å². The van der Waals surface area contributed by atoms with Crippen molar-refractivity contribution in [3.63, 3.8) is 0 Å². The van der Waals surface area contributed by atoms with Gasteiger partial charge in [0.25, 0.3) is 0 Å². The molecule has 0 bridgehead atoms. The first-order valence-corrected chi connectivity index (χ1v) is 8.32. The Kier molecular flexibility index (Phi) is 1.75. The highest BCUT2D eigenvalue weighted by Gasteiger charge is 2.55. The van der Waals surface area contributed by atoms with Gasteiger partial charge in [-0.25, -0.2) is 8.42 Å². The van der Waals surface area contributed by atoms with Crippen LogP contribution in [-0.2, 0) is 9.84 Å². The quantitative estimate of drug-likeness (QED) is 0.684. The molecule has 2 saturated carbocycles. The molecule has 3 atom stereocenters. The molecule has 0 radical (unpaired) electrons. The number of nitrogens with zero attached hydrogens (tertiary/aromatic N) is 1. The fourth-order valence-electron chi connectivity index (χ4n) is 4.39. The van der Waals surface area contributed by atoms with Crippen molar-refractivity contribution in [3.05, 3.63) is 0 Å². The van der Waals surface area contributed by atoms with E-state index in [0.717, 1.165) is 37.4 Å². The lowest BCUT2D eigenvalue weighted by Crippen LogP contribution is -2.50. The minimum Gasteiger partial charge on any atom is -0.300 e. The van der Waals surface area contributed by atoms with Gasteiger partial charge in [-0.15, -0.1) is 0 Å². The van der Waals surface area contributed by atoms with Crippen LogP contribution in [0, 0.1) is 17.3 Å². The Hall–Kier alpha value is -0.0900. The van der Waals surface area contributed by atoms with Crippen molar-refractivity contribution in [2.75, 3.05) is 24.6 Å². The maximum atomic E-state index is 11.3. The lowest BCUT2D eigenvalue weighted by atomic mass is 9.91. The van der Waals surface area contributed by atoms with Gasteiger partial charge in [0.15, 0.2) is 9.84 Å². The standard InChI is InChI=1S/C12H19NO2S/c14-16(15)7-12(8-16)1-2-13(6-12)11-4-9-3-10(9)5-11/h9-11H,1-8H2/t9-,10+,11?. The van der Waals surface area contributed by atoms with Gasteiger partial charge in [-0.3, -0.25) is 4.90 Å². The molecule has 3 nitrogen and oxygen atoms in total. The molecule has 4 rings (SSSR count). The molecular weight excluding hydrogens is 222 g/mol. The van der Waals surface area contributed by atoms with E-state index in [2.05, 4.69) is 4.90 Å². The third-order valence-corrected chi connectivity index (χ3v) is 7.36. The van der Waals surface area contributed by atoms with Crippen LogP contribution in [0.4, 0.5) is 0 Å². The summed E-state index contributed by atoms with van der Waals surface area (Å²) in [6, 6.07) is 0.798. The molecular formula is C12H19NO2S. The van der Waals surface area contributed by atoms with E-state index >= 15 is 0 Å². The van der Waals surface area contributed by atoms with Crippen molar-refractivity contribution in [2.24, 2.45) is 17.3 Å². The zero-order chi connectivity index (χ0) is 11.0. The molecule has 4 fully saturated rings. The minimum atomic E-state index is -2.65. The molecule has 4 aliphatic rings. The average molecular weight is 241 g/mol. The van der Waals surface area contributed by atoms with Crippen LogP contribution >= 0.6 is 0 Å². The number of hydrogen-bond acceptors (Lipinski definition) is 3. The lowest BCUT2D eigenvalue weighted by molar-refractivity contribution is 0.204. The van der Waals surface area contributed by atoms with Gasteiger partial charge in [-0.2, -0.15) is 0 Å². The smallest absolute Gasteiger partial charge is 0.151 e. The number of likely N-dealkylation sites (tertiary alicyclic amines) is 1. The summed E-state index contributed by atoms with van der Waals surface area (Å²) in [7, 11) is -2.65. The predicted octanol–water partition coefficient (Wildman–Crippen LogP) is 0.905. The maximum absolute atomic E-state index is 11.3. The summed E-state index contributed by atoms with van der Waals surface area (Å²) in [5, 5.41) is 0. The second kappa shape index (κ2) is 2.83. The molecule has 2 saturated heterocycles. The van der Waals surface area contributed by atoms with E-state index in [4.69, 9.17) is 0 Å². The summed E-state index contributed by atoms with van der Waals surface area (Å²) in [4.78, 5) is 2.60. The van der Waals surface area contributed by atoms with E-state index < -0.39 is 9.84 Å².